The second-order valence-electron chi connectivity index (χ2n) is 5.68. The first-order chi connectivity index (χ1) is 10.3. The van der Waals surface area contributed by atoms with E-state index in [1.807, 2.05) is 13.8 Å². The zero-order valence-electron chi connectivity index (χ0n) is 13.0. The van der Waals surface area contributed by atoms with Crippen molar-refractivity contribution in [2.45, 2.75) is 51.2 Å². The molecule has 0 aromatic rings. The van der Waals surface area contributed by atoms with Gasteiger partial charge in [-0.15, -0.1) is 0 Å². The van der Waals surface area contributed by atoms with Gasteiger partial charge in [0.05, 0.1) is 6.04 Å². The topological polar surface area (TPSA) is 113 Å². The lowest BCUT2D eigenvalue weighted by Crippen LogP contribution is -2.56. The van der Waals surface area contributed by atoms with Crippen LogP contribution in [0.4, 0.5) is 0 Å². The molecule has 0 unspecified atom stereocenters. The summed E-state index contributed by atoms with van der Waals surface area (Å²) in [4.78, 5) is 37.0. The lowest BCUT2D eigenvalue weighted by Gasteiger charge is -2.28. The van der Waals surface area contributed by atoms with Gasteiger partial charge in [-0.05, 0) is 18.8 Å². The van der Waals surface area contributed by atoms with Crippen molar-refractivity contribution >= 4 is 30.4 Å². The van der Waals surface area contributed by atoms with Crippen LogP contribution in [0.25, 0.3) is 0 Å². The van der Waals surface area contributed by atoms with Gasteiger partial charge in [0.1, 0.15) is 12.1 Å². The molecule has 126 valence electrons. The van der Waals surface area contributed by atoms with Gasteiger partial charge in [-0.3, -0.25) is 9.59 Å². The second-order valence-corrected chi connectivity index (χ2v) is 6.05. The number of carboxylic acid groups (broad SMARTS) is 1. The molecule has 4 N–H and O–H groups in total. The van der Waals surface area contributed by atoms with E-state index in [9.17, 15) is 14.4 Å². The highest BCUT2D eigenvalue weighted by Crippen LogP contribution is 2.19. The molecule has 7 nitrogen and oxygen atoms in total. The number of nitrogens with one attached hydrogen (secondary N) is 1. The Hall–Kier alpha value is -1.28. The van der Waals surface area contributed by atoms with Crippen molar-refractivity contribution in [2.75, 3.05) is 12.3 Å². The van der Waals surface area contributed by atoms with Crippen molar-refractivity contribution in [1.82, 2.24) is 10.2 Å². The molecule has 0 aromatic carbocycles. The molecule has 0 bridgehead atoms. The smallest absolute Gasteiger partial charge is 0.326 e. The number of thiol groups is 1. The van der Waals surface area contributed by atoms with Crippen LogP contribution in [0.1, 0.15) is 33.1 Å². The molecule has 1 aliphatic heterocycles. The minimum absolute atomic E-state index is 0.00535. The van der Waals surface area contributed by atoms with Gasteiger partial charge >= 0.3 is 5.97 Å². The highest BCUT2D eigenvalue weighted by atomic mass is 32.1. The van der Waals surface area contributed by atoms with Crippen LogP contribution < -0.4 is 11.1 Å². The Balaban J connectivity index is 2.73. The zero-order chi connectivity index (χ0) is 16.9. The van der Waals surface area contributed by atoms with E-state index < -0.39 is 35.9 Å². The highest BCUT2D eigenvalue weighted by Gasteiger charge is 2.37. The average molecular weight is 331 g/mol. The Morgan fingerprint density at radius 3 is 2.59 bits per heavy atom. The van der Waals surface area contributed by atoms with Crippen molar-refractivity contribution in [3.8, 4) is 0 Å². The van der Waals surface area contributed by atoms with Gasteiger partial charge in [0.2, 0.25) is 11.8 Å². The molecule has 8 heteroatoms. The van der Waals surface area contributed by atoms with Crippen molar-refractivity contribution in [2.24, 2.45) is 11.7 Å². The average Bonchev–Trinajstić information content (AvgIpc) is 2.99. The number of carboxylic acids is 1. The third-order valence-corrected chi connectivity index (χ3v) is 4.54. The van der Waals surface area contributed by atoms with Gasteiger partial charge in [0.15, 0.2) is 0 Å². The molecule has 0 aromatic heterocycles. The Kier molecular flexibility index (Phi) is 7.15. The van der Waals surface area contributed by atoms with E-state index in [1.54, 1.807) is 0 Å². The first-order valence-electron chi connectivity index (χ1n) is 7.53. The van der Waals surface area contributed by atoms with Crippen LogP contribution in [-0.4, -0.2) is 58.2 Å². The number of rotatable bonds is 7. The van der Waals surface area contributed by atoms with Gasteiger partial charge in [-0.25, -0.2) is 4.79 Å². The molecule has 1 fully saturated rings. The predicted molar refractivity (Wildman–Crippen MR) is 85.6 cm³/mol. The summed E-state index contributed by atoms with van der Waals surface area (Å²) in [6.45, 7) is 4.18. The van der Waals surface area contributed by atoms with Crippen LogP contribution in [0.15, 0.2) is 0 Å². The van der Waals surface area contributed by atoms with E-state index in [-0.39, 0.29) is 11.7 Å². The van der Waals surface area contributed by atoms with Crippen LogP contribution in [0.5, 0.6) is 0 Å². The Morgan fingerprint density at radius 1 is 1.45 bits per heavy atom. The first kappa shape index (κ1) is 18.8. The molecule has 1 rings (SSSR count). The second kappa shape index (κ2) is 8.38. The fourth-order valence-electron chi connectivity index (χ4n) is 2.45. The number of hydrogen-bond acceptors (Lipinski definition) is 5. The number of nitrogens with two attached hydrogens (primary N) is 1. The molecule has 0 radical (unpaired) electrons. The predicted octanol–water partition coefficient (Wildman–Crippen LogP) is -0.150. The summed E-state index contributed by atoms with van der Waals surface area (Å²) in [6, 6.07) is -2.38. The summed E-state index contributed by atoms with van der Waals surface area (Å²) in [5, 5.41) is 11.7. The summed E-state index contributed by atoms with van der Waals surface area (Å²) in [5.74, 6) is -1.75. The standard InChI is InChI=1S/C14H25N3O4S/c1-3-8(2)11(15)12(18)16-9(7-22)13(19)17-6-4-5-10(17)14(20)21/h8-11,22H,3-7,15H2,1-2H3,(H,16,18)(H,20,21)/t8-,9-,10+,11-/m0/s1. The summed E-state index contributed by atoms with van der Waals surface area (Å²) < 4.78 is 0. The number of carbonyl (C=O) groups excluding carboxylic acids is 2. The van der Waals surface area contributed by atoms with E-state index in [2.05, 4.69) is 17.9 Å². The maximum absolute atomic E-state index is 12.4. The molecule has 0 spiro atoms. The zero-order valence-corrected chi connectivity index (χ0v) is 13.9. The largest absolute Gasteiger partial charge is 0.480 e. The van der Waals surface area contributed by atoms with Crippen LogP contribution >= 0.6 is 12.6 Å². The summed E-state index contributed by atoms with van der Waals surface area (Å²) in [7, 11) is 0. The van der Waals surface area contributed by atoms with Crippen LogP contribution in [0.3, 0.4) is 0 Å². The number of likely N-dealkylation sites (tertiary alicyclic amines) is 1. The minimum Gasteiger partial charge on any atom is -0.480 e. The van der Waals surface area contributed by atoms with Gasteiger partial charge < -0.3 is 21.1 Å². The quantitative estimate of drug-likeness (QED) is 0.485. The van der Waals surface area contributed by atoms with Crippen molar-refractivity contribution in [3.63, 3.8) is 0 Å². The molecule has 2 amide bonds. The van der Waals surface area contributed by atoms with Gasteiger partial charge in [0, 0.05) is 12.3 Å². The minimum atomic E-state index is -1.02. The first-order valence-corrected chi connectivity index (χ1v) is 8.16. The van der Waals surface area contributed by atoms with Gasteiger partial charge in [-0.2, -0.15) is 12.6 Å². The number of nitrogens with zero attached hydrogens (tertiary/aromatic N) is 1. The SMILES string of the molecule is CC[C@H](C)[C@H](N)C(=O)N[C@@H](CS)C(=O)N1CCC[C@@H]1C(=O)O. The molecule has 1 heterocycles. The lowest BCUT2D eigenvalue weighted by molar-refractivity contribution is -0.149. The van der Waals surface area contributed by atoms with Crippen molar-refractivity contribution < 1.29 is 19.5 Å². The third kappa shape index (κ3) is 4.36. The lowest BCUT2D eigenvalue weighted by atomic mass is 9.99. The Morgan fingerprint density at radius 2 is 2.09 bits per heavy atom. The van der Waals surface area contributed by atoms with Gasteiger partial charge in [-0.1, -0.05) is 20.3 Å². The van der Waals surface area contributed by atoms with Crippen LogP contribution in [-0.2, 0) is 14.4 Å². The number of carbonyl (C=O) groups is 3. The molecule has 0 saturated carbocycles. The van der Waals surface area contributed by atoms with Crippen LogP contribution in [0, 0.1) is 5.92 Å². The molecule has 22 heavy (non-hydrogen) atoms. The highest BCUT2D eigenvalue weighted by molar-refractivity contribution is 7.80. The number of hydrogen-bond donors (Lipinski definition) is 4. The maximum Gasteiger partial charge on any atom is 0.326 e. The van der Waals surface area contributed by atoms with E-state index in [1.165, 1.54) is 4.90 Å². The maximum atomic E-state index is 12.4. The van der Waals surface area contributed by atoms with Crippen molar-refractivity contribution in [3.05, 3.63) is 0 Å². The third-order valence-electron chi connectivity index (χ3n) is 4.18. The summed E-state index contributed by atoms with van der Waals surface area (Å²) in [6.07, 6.45) is 1.82. The Labute approximate surface area is 136 Å². The molecular weight excluding hydrogens is 306 g/mol. The van der Waals surface area contributed by atoms with E-state index >= 15 is 0 Å². The monoisotopic (exact) mass is 331 g/mol. The van der Waals surface area contributed by atoms with Crippen LogP contribution in [0.2, 0.25) is 0 Å². The van der Waals surface area contributed by atoms with E-state index in [0.29, 0.717) is 19.4 Å². The summed E-state index contributed by atoms with van der Waals surface area (Å²) in [5.41, 5.74) is 5.85. The summed E-state index contributed by atoms with van der Waals surface area (Å²) >= 11 is 4.10. The van der Waals surface area contributed by atoms with Crippen molar-refractivity contribution in [1.29, 1.82) is 0 Å². The van der Waals surface area contributed by atoms with E-state index in [4.69, 9.17) is 10.8 Å². The number of aliphatic carboxylic acids is 1. The number of amides is 2. The molecule has 1 aliphatic rings. The fraction of sp³-hybridized carbons (Fsp3) is 0.786. The van der Waals surface area contributed by atoms with E-state index in [0.717, 1.165) is 6.42 Å². The molecular formula is C14H25N3O4S. The molecule has 4 atom stereocenters. The molecule has 0 aliphatic carbocycles. The van der Waals surface area contributed by atoms with Gasteiger partial charge in [0.25, 0.3) is 0 Å². The molecule has 1 saturated heterocycles. The fourth-order valence-corrected chi connectivity index (χ4v) is 2.70. The normalized spacial score (nSPS) is 22.0. The Bertz CT molecular complexity index is 432.